The Labute approximate surface area is 234 Å². The van der Waals surface area contributed by atoms with Crippen LogP contribution in [0, 0.1) is 0 Å². The van der Waals surface area contributed by atoms with Crippen LogP contribution in [-0.2, 0) is 0 Å². The molecule has 0 aromatic heterocycles. The second-order valence-corrected chi connectivity index (χ2v) is 10.0. The molecule has 2 heteroatoms. The fourth-order valence-electron chi connectivity index (χ4n) is 5.35. The molecule has 7 aromatic rings. The van der Waals surface area contributed by atoms with E-state index in [1.165, 1.54) is 43.8 Å². The molecule has 40 heavy (non-hydrogen) atoms. The van der Waals surface area contributed by atoms with Crippen molar-refractivity contribution in [3.05, 3.63) is 158 Å². The molecule has 0 aliphatic carbocycles. The molecule has 2 nitrogen and oxygen atoms in total. The van der Waals surface area contributed by atoms with Gasteiger partial charge < -0.3 is 10.6 Å². The van der Waals surface area contributed by atoms with Crippen molar-refractivity contribution < 1.29 is 0 Å². The summed E-state index contributed by atoms with van der Waals surface area (Å²) in [5, 5.41) is 12.3. The third kappa shape index (κ3) is 4.79. The Kier molecular flexibility index (Phi) is 6.20. The van der Waals surface area contributed by atoms with E-state index in [0.717, 1.165) is 22.7 Å². The standard InChI is InChI=1S/C38H28N2/c1-3-11-29-25-31(19-17-27(29)9-1)35-13-5-7-15-37(35)39-33-21-23-34(24-22-33)40-38-16-8-6-14-36(38)32-20-18-28-10-2-4-12-30(28)26-32/h1-26,39-40H. The number of nitrogens with one attached hydrogen (secondary N) is 2. The Morgan fingerprint density at radius 3 is 1.12 bits per heavy atom. The van der Waals surface area contributed by atoms with E-state index < -0.39 is 0 Å². The highest BCUT2D eigenvalue weighted by molar-refractivity contribution is 5.92. The van der Waals surface area contributed by atoms with E-state index >= 15 is 0 Å². The van der Waals surface area contributed by atoms with Crippen LogP contribution in [0.2, 0.25) is 0 Å². The Bertz CT molecular complexity index is 1810. The largest absolute Gasteiger partial charge is 0.355 e. The molecule has 0 fully saturated rings. The lowest BCUT2D eigenvalue weighted by Gasteiger charge is -2.15. The van der Waals surface area contributed by atoms with Crippen molar-refractivity contribution in [1.29, 1.82) is 0 Å². The summed E-state index contributed by atoms with van der Waals surface area (Å²) in [6, 6.07) is 55.7. The summed E-state index contributed by atoms with van der Waals surface area (Å²) >= 11 is 0. The van der Waals surface area contributed by atoms with Crippen LogP contribution in [0.5, 0.6) is 0 Å². The Morgan fingerprint density at radius 1 is 0.300 bits per heavy atom. The molecule has 0 aliphatic rings. The van der Waals surface area contributed by atoms with E-state index in [9.17, 15) is 0 Å². The lowest BCUT2D eigenvalue weighted by atomic mass is 9.99. The molecule has 0 radical (unpaired) electrons. The number of hydrogen-bond acceptors (Lipinski definition) is 2. The summed E-state index contributed by atoms with van der Waals surface area (Å²) < 4.78 is 0. The average Bonchev–Trinajstić information content (AvgIpc) is 3.02. The second kappa shape index (κ2) is 10.4. The van der Waals surface area contributed by atoms with E-state index in [0.29, 0.717) is 0 Å². The average molecular weight is 513 g/mol. The lowest BCUT2D eigenvalue weighted by Crippen LogP contribution is -1.96. The van der Waals surface area contributed by atoms with Gasteiger partial charge in [-0.15, -0.1) is 0 Å². The highest BCUT2D eigenvalue weighted by Gasteiger charge is 2.08. The monoisotopic (exact) mass is 512 g/mol. The molecule has 0 unspecified atom stereocenters. The van der Waals surface area contributed by atoms with Crippen molar-refractivity contribution in [3.63, 3.8) is 0 Å². The third-order valence-corrected chi connectivity index (χ3v) is 7.42. The summed E-state index contributed by atoms with van der Waals surface area (Å²) in [6.07, 6.45) is 0. The predicted octanol–water partition coefficient (Wildman–Crippen LogP) is 10.8. The van der Waals surface area contributed by atoms with Crippen LogP contribution in [0.15, 0.2) is 158 Å². The first-order chi connectivity index (χ1) is 19.8. The first kappa shape index (κ1) is 23.8. The summed E-state index contributed by atoms with van der Waals surface area (Å²) in [7, 11) is 0. The number of para-hydroxylation sites is 2. The van der Waals surface area contributed by atoms with Crippen molar-refractivity contribution in [1.82, 2.24) is 0 Å². The molecule has 0 amide bonds. The van der Waals surface area contributed by atoms with E-state index in [4.69, 9.17) is 0 Å². The molecule has 0 saturated heterocycles. The minimum atomic E-state index is 1.04. The lowest BCUT2D eigenvalue weighted by molar-refractivity contribution is 1.51. The molecule has 0 saturated carbocycles. The van der Waals surface area contributed by atoms with Crippen LogP contribution < -0.4 is 10.6 Å². The molecule has 7 rings (SSSR count). The number of fused-ring (bicyclic) bond motifs is 2. The number of benzene rings is 7. The summed E-state index contributed by atoms with van der Waals surface area (Å²) in [5.74, 6) is 0. The van der Waals surface area contributed by atoms with Crippen LogP contribution in [-0.4, -0.2) is 0 Å². The van der Waals surface area contributed by atoms with E-state index in [1.54, 1.807) is 0 Å². The van der Waals surface area contributed by atoms with Gasteiger partial charge in [0.25, 0.3) is 0 Å². The normalized spacial score (nSPS) is 11.0. The topological polar surface area (TPSA) is 24.1 Å². The predicted molar refractivity (Wildman–Crippen MR) is 172 cm³/mol. The van der Waals surface area contributed by atoms with Gasteiger partial charge in [0.2, 0.25) is 0 Å². The van der Waals surface area contributed by atoms with Crippen LogP contribution in [0.3, 0.4) is 0 Å². The van der Waals surface area contributed by atoms with Crippen LogP contribution in [0.25, 0.3) is 43.8 Å². The first-order valence-corrected chi connectivity index (χ1v) is 13.6. The smallest absolute Gasteiger partial charge is 0.0463 e. The van der Waals surface area contributed by atoms with Crippen molar-refractivity contribution in [3.8, 4) is 22.3 Å². The molecular formula is C38H28N2. The molecule has 7 aromatic carbocycles. The molecular weight excluding hydrogens is 484 g/mol. The van der Waals surface area contributed by atoms with Crippen molar-refractivity contribution in [2.45, 2.75) is 0 Å². The third-order valence-electron chi connectivity index (χ3n) is 7.42. The Balaban J connectivity index is 1.13. The van der Waals surface area contributed by atoms with Gasteiger partial charge in [-0.3, -0.25) is 0 Å². The molecule has 0 spiro atoms. The van der Waals surface area contributed by atoms with E-state index in [2.05, 4.69) is 168 Å². The highest BCUT2D eigenvalue weighted by atomic mass is 14.9. The number of hydrogen-bond donors (Lipinski definition) is 2. The maximum absolute atomic E-state index is 3.64. The van der Waals surface area contributed by atoms with Gasteiger partial charge in [-0.1, -0.05) is 109 Å². The van der Waals surface area contributed by atoms with Gasteiger partial charge in [0, 0.05) is 33.9 Å². The van der Waals surface area contributed by atoms with Gasteiger partial charge in [-0.25, -0.2) is 0 Å². The van der Waals surface area contributed by atoms with Gasteiger partial charge >= 0.3 is 0 Å². The molecule has 190 valence electrons. The minimum Gasteiger partial charge on any atom is -0.355 e. The number of rotatable bonds is 6. The minimum absolute atomic E-state index is 1.04. The fourth-order valence-corrected chi connectivity index (χ4v) is 5.35. The molecule has 0 atom stereocenters. The van der Waals surface area contributed by atoms with Gasteiger partial charge in [-0.2, -0.15) is 0 Å². The summed E-state index contributed by atoms with van der Waals surface area (Å²) in [5.41, 5.74) is 9.01. The van der Waals surface area contributed by atoms with Crippen LogP contribution in [0.4, 0.5) is 22.7 Å². The summed E-state index contributed by atoms with van der Waals surface area (Å²) in [6.45, 7) is 0. The van der Waals surface area contributed by atoms with E-state index in [-0.39, 0.29) is 0 Å². The Morgan fingerprint density at radius 2 is 0.675 bits per heavy atom. The second-order valence-electron chi connectivity index (χ2n) is 10.0. The maximum atomic E-state index is 3.64. The highest BCUT2D eigenvalue weighted by Crippen LogP contribution is 2.34. The zero-order valence-corrected chi connectivity index (χ0v) is 22.0. The maximum Gasteiger partial charge on any atom is 0.0463 e. The Hall–Kier alpha value is -5.34. The van der Waals surface area contributed by atoms with Crippen molar-refractivity contribution >= 4 is 44.3 Å². The van der Waals surface area contributed by atoms with Gasteiger partial charge in [0.05, 0.1) is 0 Å². The van der Waals surface area contributed by atoms with Crippen molar-refractivity contribution in [2.24, 2.45) is 0 Å². The van der Waals surface area contributed by atoms with Crippen molar-refractivity contribution in [2.75, 3.05) is 10.6 Å². The zero-order chi connectivity index (χ0) is 26.7. The van der Waals surface area contributed by atoms with Crippen LogP contribution >= 0.6 is 0 Å². The molecule has 0 bridgehead atoms. The number of anilines is 4. The molecule has 0 aliphatic heterocycles. The molecule has 2 N–H and O–H groups in total. The fraction of sp³-hybridized carbons (Fsp3) is 0. The van der Waals surface area contributed by atoms with Gasteiger partial charge in [0.1, 0.15) is 0 Å². The van der Waals surface area contributed by atoms with Gasteiger partial charge in [-0.05, 0) is 81.2 Å². The quantitative estimate of drug-likeness (QED) is 0.231. The SMILES string of the molecule is c1ccc(-c2ccc3ccccc3c2)c(Nc2ccc(Nc3ccccc3-c3ccc4ccccc4c3)cc2)c1. The van der Waals surface area contributed by atoms with Gasteiger partial charge in [0.15, 0.2) is 0 Å². The van der Waals surface area contributed by atoms with E-state index in [1.807, 2.05) is 0 Å². The van der Waals surface area contributed by atoms with Crippen LogP contribution in [0.1, 0.15) is 0 Å². The first-order valence-electron chi connectivity index (χ1n) is 13.6. The zero-order valence-electron chi connectivity index (χ0n) is 22.0. The molecule has 0 heterocycles. The summed E-state index contributed by atoms with van der Waals surface area (Å²) in [4.78, 5) is 0.